The van der Waals surface area contributed by atoms with E-state index in [0.717, 1.165) is 30.8 Å². The molecule has 7 nitrogen and oxygen atoms in total. The summed E-state index contributed by atoms with van der Waals surface area (Å²) in [6.45, 7) is 4.23. The lowest BCUT2D eigenvalue weighted by Crippen LogP contribution is -2.40. The molecule has 0 atom stereocenters. The van der Waals surface area contributed by atoms with Crippen LogP contribution in [0, 0.1) is 4.84 Å². The smallest absolute Gasteiger partial charge is 0.270 e. The summed E-state index contributed by atoms with van der Waals surface area (Å²) in [6.07, 6.45) is 1.14. The highest BCUT2D eigenvalue weighted by molar-refractivity contribution is 7.99. The number of nitrogens with zero attached hydrogens (tertiary/aromatic N) is 3. The Labute approximate surface area is 168 Å². The van der Waals surface area contributed by atoms with Gasteiger partial charge in [0, 0.05) is 31.9 Å². The fourth-order valence-electron chi connectivity index (χ4n) is 3.41. The number of sulfonamides is 1. The maximum atomic E-state index is 13.0. The van der Waals surface area contributed by atoms with E-state index in [0.29, 0.717) is 43.4 Å². The standard InChI is InChI=1S/C17H23N3O4S3/c21-27(22,19-5-8-23-9-6-19)14-2-3-16-15(12-14)20(17(25)24-16)13-18-4-1-10-26-11-7-18/h2-3,12H,1,4-11,13H2. The van der Waals surface area contributed by atoms with E-state index in [1.807, 2.05) is 16.3 Å². The second-order valence-electron chi connectivity index (χ2n) is 6.67. The molecule has 0 unspecified atom stereocenters. The first-order valence-electron chi connectivity index (χ1n) is 9.07. The molecule has 4 rings (SSSR count). The summed E-state index contributed by atoms with van der Waals surface area (Å²) >= 11 is 7.37. The van der Waals surface area contributed by atoms with Gasteiger partial charge in [0.25, 0.3) is 4.84 Å². The molecule has 0 spiro atoms. The van der Waals surface area contributed by atoms with E-state index in [4.69, 9.17) is 21.4 Å². The third-order valence-corrected chi connectivity index (χ3v) is 8.15. The normalized spacial score (nSPS) is 20.7. The minimum absolute atomic E-state index is 0.271. The van der Waals surface area contributed by atoms with E-state index >= 15 is 0 Å². The number of fused-ring (bicyclic) bond motifs is 1. The molecule has 0 radical (unpaired) electrons. The zero-order valence-corrected chi connectivity index (χ0v) is 17.5. The van der Waals surface area contributed by atoms with Gasteiger partial charge in [-0.3, -0.25) is 9.47 Å². The number of benzene rings is 1. The number of rotatable bonds is 4. The lowest BCUT2D eigenvalue weighted by molar-refractivity contribution is 0.0730. The maximum Gasteiger partial charge on any atom is 0.270 e. The second kappa shape index (κ2) is 8.22. The van der Waals surface area contributed by atoms with E-state index in [2.05, 4.69) is 4.90 Å². The van der Waals surface area contributed by atoms with Gasteiger partial charge in [-0.2, -0.15) is 16.1 Å². The summed E-state index contributed by atoms with van der Waals surface area (Å²) in [6, 6.07) is 4.98. The van der Waals surface area contributed by atoms with Crippen molar-refractivity contribution in [2.45, 2.75) is 18.0 Å². The number of hydrogen-bond donors (Lipinski definition) is 0. The Morgan fingerprint density at radius 1 is 1.11 bits per heavy atom. The Bertz CT molecular complexity index is 955. The zero-order valence-electron chi connectivity index (χ0n) is 15.0. The van der Waals surface area contributed by atoms with Crippen LogP contribution in [0.1, 0.15) is 6.42 Å². The molecule has 0 N–H and O–H groups in total. The second-order valence-corrected chi connectivity index (χ2v) is 10.2. The van der Waals surface area contributed by atoms with Gasteiger partial charge in [-0.25, -0.2) is 8.42 Å². The lowest BCUT2D eigenvalue weighted by atomic mass is 10.3. The third kappa shape index (κ3) is 4.10. The monoisotopic (exact) mass is 429 g/mol. The Morgan fingerprint density at radius 2 is 1.93 bits per heavy atom. The Hall–Kier alpha value is -0.910. The van der Waals surface area contributed by atoms with Gasteiger partial charge < -0.3 is 9.15 Å². The van der Waals surface area contributed by atoms with Crippen LogP contribution in [0.4, 0.5) is 0 Å². The SMILES string of the molecule is O=S(=O)(c1ccc2oc(=S)n(CN3CCCSCC3)c2c1)N1CCOCC1. The van der Waals surface area contributed by atoms with Crippen molar-refractivity contribution in [1.82, 2.24) is 13.8 Å². The van der Waals surface area contributed by atoms with Gasteiger partial charge in [0.2, 0.25) is 10.0 Å². The molecule has 1 aromatic carbocycles. The van der Waals surface area contributed by atoms with Gasteiger partial charge in [-0.05, 0) is 42.6 Å². The van der Waals surface area contributed by atoms with Gasteiger partial charge in [0.15, 0.2) is 5.58 Å². The number of aromatic nitrogens is 1. The predicted octanol–water partition coefficient (Wildman–Crippen LogP) is 2.38. The molecule has 148 valence electrons. The molecule has 3 heterocycles. The number of hydrogen-bond acceptors (Lipinski definition) is 7. The fraction of sp³-hybridized carbons (Fsp3) is 0.588. The van der Waals surface area contributed by atoms with Gasteiger partial charge in [-0.15, -0.1) is 0 Å². The molecule has 2 aromatic rings. The summed E-state index contributed by atoms with van der Waals surface area (Å²) in [4.78, 5) is 2.99. The molecule has 0 amide bonds. The van der Waals surface area contributed by atoms with Crippen LogP contribution in [-0.2, 0) is 21.4 Å². The first-order valence-corrected chi connectivity index (χ1v) is 12.1. The van der Waals surface area contributed by atoms with Crippen molar-refractivity contribution in [3.8, 4) is 0 Å². The maximum absolute atomic E-state index is 13.0. The lowest BCUT2D eigenvalue weighted by Gasteiger charge is -2.26. The van der Waals surface area contributed by atoms with Crippen molar-refractivity contribution in [3.63, 3.8) is 0 Å². The summed E-state index contributed by atoms with van der Waals surface area (Å²) < 4.78 is 40.3. The molecule has 0 saturated carbocycles. The van der Waals surface area contributed by atoms with E-state index in [1.165, 1.54) is 10.1 Å². The molecule has 2 saturated heterocycles. The minimum atomic E-state index is -3.55. The van der Waals surface area contributed by atoms with Crippen LogP contribution in [0.25, 0.3) is 11.1 Å². The highest BCUT2D eigenvalue weighted by Gasteiger charge is 2.27. The first kappa shape index (κ1) is 19.4. The zero-order chi connectivity index (χ0) is 18.9. The van der Waals surface area contributed by atoms with Crippen LogP contribution in [0.3, 0.4) is 0 Å². The van der Waals surface area contributed by atoms with Crippen molar-refractivity contribution in [2.24, 2.45) is 0 Å². The largest absolute Gasteiger partial charge is 0.429 e. The Morgan fingerprint density at radius 3 is 2.74 bits per heavy atom. The molecule has 27 heavy (non-hydrogen) atoms. The van der Waals surface area contributed by atoms with Crippen molar-refractivity contribution in [3.05, 3.63) is 23.0 Å². The molecular weight excluding hydrogens is 406 g/mol. The summed E-state index contributed by atoms with van der Waals surface area (Å²) in [5.41, 5.74) is 1.34. The van der Waals surface area contributed by atoms with Gasteiger partial charge in [0.1, 0.15) is 0 Å². The number of oxazole rings is 1. The Kier molecular flexibility index (Phi) is 5.91. The van der Waals surface area contributed by atoms with Crippen molar-refractivity contribution in [1.29, 1.82) is 0 Å². The van der Waals surface area contributed by atoms with Crippen molar-refractivity contribution >= 4 is 45.1 Å². The number of ether oxygens (including phenoxy) is 1. The van der Waals surface area contributed by atoms with E-state index in [1.54, 1.807) is 18.2 Å². The van der Waals surface area contributed by atoms with E-state index < -0.39 is 10.0 Å². The van der Waals surface area contributed by atoms with Crippen LogP contribution in [-0.4, -0.2) is 73.1 Å². The first-order chi connectivity index (χ1) is 13.1. The van der Waals surface area contributed by atoms with Crippen LogP contribution in [0.5, 0.6) is 0 Å². The predicted molar refractivity (Wildman–Crippen MR) is 108 cm³/mol. The quantitative estimate of drug-likeness (QED) is 0.691. The fourth-order valence-corrected chi connectivity index (χ4v) is 6.01. The number of thioether (sulfide) groups is 1. The number of morpholine rings is 1. The summed E-state index contributed by atoms with van der Waals surface area (Å²) in [5.74, 6) is 2.27. The van der Waals surface area contributed by atoms with Crippen molar-refractivity contribution in [2.75, 3.05) is 50.9 Å². The molecule has 0 bridgehead atoms. The van der Waals surface area contributed by atoms with E-state index in [9.17, 15) is 8.42 Å². The highest BCUT2D eigenvalue weighted by Crippen LogP contribution is 2.25. The summed E-state index contributed by atoms with van der Waals surface area (Å²) in [7, 11) is -3.55. The molecule has 2 aliphatic heterocycles. The third-order valence-electron chi connectivity index (χ3n) is 4.90. The summed E-state index contributed by atoms with van der Waals surface area (Å²) in [5, 5.41) is 0. The Balaban J connectivity index is 1.67. The van der Waals surface area contributed by atoms with Crippen LogP contribution >= 0.6 is 24.0 Å². The van der Waals surface area contributed by atoms with E-state index in [-0.39, 0.29) is 4.90 Å². The van der Waals surface area contributed by atoms with Gasteiger partial charge in [0.05, 0.1) is 30.3 Å². The van der Waals surface area contributed by atoms with Crippen molar-refractivity contribution < 1.29 is 17.6 Å². The van der Waals surface area contributed by atoms with Crippen LogP contribution < -0.4 is 0 Å². The molecule has 1 aromatic heterocycles. The van der Waals surface area contributed by atoms with Crippen LogP contribution in [0.15, 0.2) is 27.5 Å². The topological polar surface area (TPSA) is 67.9 Å². The molecule has 2 fully saturated rings. The molecule has 2 aliphatic rings. The highest BCUT2D eigenvalue weighted by atomic mass is 32.2. The molecule has 10 heteroatoms. The van der Waals surface area contributed by atoms with Crippen LogP contribution in [0.2, 0.25) is 0 Å². The molecule has 0 aliphatic carbocycles. The van der Waals surface area contributed by atoms with Gasteiger partial charge >= 0.3 is 0 Å². The molecular formula is C17H23N3O4S3. The van der Waals surface area contributed by atoms with Gasteiger partial charge in [-0.1, -0.05) is 0 Å². The average Bonchev–Trinajstić information content (AvgIpc) is 2.84. The average molecular weight is 430 g/mol. The minimum Gasteiger partial charge on any atom is -0.429 e.